The van der Waals surface area contributed by atoms with Gasteiger partial charge in [0, 0.05) is 12.2 Å². The second kappa shape index (κ2) is 9.89. The zero-order chi connectivity index (χ0) is 18.1. The van der Waals surface area contributed by atoms with Crippen LogP contribution in [0.2, 0.25) is 0 Å². The minimum atomic E-state index is -0.860. The van der Waals surface area contributed by atoms with Crippen LogP contribution in [0, 0.1) is 0 Å². The fourth-order valence-corrected chi connectivity index (χ4v) is 3.29. The van der Waals surface area contributed by atoms with Crippen LogP contribution in [0.25, 0.3) is 0 Å². The van der Waals surface area contributed by atoms with Crippen molar-refractivity contribution in [3.63, 3.8) is 0 Å². The first-order valence-corrected chi connectivity index (χ1v) is 9.34. The van der Waals surface area contributed by atoms with Gasteiger partial charge in [0.2, 0.25) is 5.91 Å². The van der Waals surface area contributed by atoms with Crippen LogP contribution in [0.3, 0.4) is 0 Å². The summed E-state index contributed by atoms with van der Waals surface area (Å²) in [5.41, 5.74) is 2.11. The van der Waals surface area contributed by atoms with Gasteiger partial charge >= 0.3 is 5.97 Å². The van der Waals surface area contributed by atoms with Crippen LogP contribution in [0.15, 0.2) is 60.7 Å². The van der Waals surface area contributed by atoms with Crippen molar-refractivity contribution in [2.45, 2.75) is 36.8 Å². The highest BCUT2D eigenvalue weighted by molar-refractivity contribution is 7.99. The van der Waals surface area contributed by atoms with Gasteiger partial charge in [0.1, 0.15) is 0 Å². The molecule has 0 saturated carbocycles. The van der Waals surface area contributed by atoms with E-state index < -0.39 is 5.97 Å². The minimum Gasteiger partial charge on any atom is -0.481 e. The lowest BCUT2D eigenvalue weighted by Crippen LogP contribution is -2.34. The number of hydrogen-bond donors (Lipinski definition) is 2. The monoisotopic (exact) mass is 357 g/mol. The quantitative estimate of drug-likeness (QED) is 0.711. The first-order chi connectivity index (χ1) is 12.1. The molecule has 0 spiro atoms. The van der Waals surface area contributed by atoms with Crippen LogP contribution in [0.1, 0.15) is 36.9 Å². The van der Waals surface area contributed by atoms with Gasteiger partial charge < -0.3 is 10.4 Å². The molecular weight excluding hydrogens is 334 g/mol. The molecule has 1 amide bonds. The molecule has 25 heavy (non-hydrogen) atoms. The number of thioether (sulfide) groups is 1. The summed E-state index contributed by atoms with van der Waals surface area (Å²) < 4.78 is 0. The molecule has 4 nitrogen and oxygen atoms in total. The maximum Gasteiger partial charge on any atom is 0.303 e. The summed E-state index contributed by atoms with van der Waals surface area (Å²) >= 11 is 1.57. The molecule has 5 heteroatoms. The highest BCUT2D eigenvalue weighted by Crippen LogP contribution is 2.22. The Morgan fingerprint density at radius 2 is 1.64 bits per heavy atom. The van der Waals surface area contributed by atoms with Gasteiger partial charge in [0.05, 0.1) is 11.3 Å². The highest BCUT2D eigenvalue weighted by Gasteiger charge is 2.20. The van der Waals surface area contributed by atoms with Crippen LogP contribution in [0.4, 0.5) is 0 Å². The SMILES string of the molecule is CC(SCc1ccccc1)C(=O)NC(CCC(=O)O)c1ccccc1. The van der Waals surface area contributed by atoms with E-state index in [0.717, 1.165) is 11.3 Å². The Balaban J connectivity index is 1.94. The van der Waals surface area contributed by atoms with Crippen LogP contribution >= 0.6 is 11.8 Å². The fourth-order valence-electron chi connectivity index (χ4n) is 2.44. The zero-order valence-corrected chi connectivity index (χ0v) is 15.0. The lowest BCUT2D eigenvalue weighted by molar-refractivity contribution is -0.137. The minimum absolute atomic E-state index is 0.0192. The Morgan fingerprint density at radius 3 is 2.24 bits per heavy atom. The molecule has 0 radical (unpaired) electrons. The molecule has 0 aliphatic heterocycles. The number of hydrogen-bond acceptors (Lipinski definition) is 3. The largest absolute Gasteiger partial charge is 0.481 e. The predicted molar refractivity (Wildman–Crippen MR) is 101 cm³/mol. The van der Waals surface area contributed by atoms with Crippen LogP contribution in [0.5, 0.6) is 0 Å². The summed E-state index contributed by atoms with van der Waals surface area (Å²) in [4.78, 5) is 23.4. The molecule has 132 valence electrons. The van der Waals surface area contributed by atoms with Crippen molar-refractivity contribution in [3.8, 4) is 0 Å². The van der Waals surface area contributed by atoms with Gasteiger partial charge in [-0.25, -0.2) is 0 Å². The molecule has 2 N–H and O–H groups in total. The first kappa shape index (κ1) is 19.1. The lowest BCUT2D eigenvalue weighted by Gasteiger charge is -2.21. The van der Waals surface area contributed by atoms with Gasteiger partial charge in [0.25, 0.3) is 0 Å². The molecule has 0 heterocycles. The number of carbonyl (C=O) groups excluding carboxylic acids is 1. The van der Waals surface area contributed by atoms with E-state index >= 15 is 0 Å². The van der Waals surface area contributed by atoms with Crippen LogP contribution < -0.4 is 5.32 Å². The van der Waals surface area contributed by atoms with E-state index in [1.165, 1.54) is 5.56 Å². The van der Waals surface area contributed by atoms with Crippen LogP contribution in [-0.2, 0) is 15.3 Å². The Bertz CT molecular complexity index is 676. The maximum absolute atomic E-state index is 12.5. The number of carboxylic acid groups (broad SMARTS) is 1. The summed E-state index contributed by atoms with van der Waals surface area (Å²) in [5.74, 6) is -0.164. The lowest BCUT2D eigenvalue weighted by atomic mass is 10.0. The van der Waals surface area contributed by atoms with Gasteiger partial charge in [-0.2, -0.15) is 0 Å². The van der Waals surface area contributed by atoms with E-state index in [9.17, 15) is 9.59 Å². The Morgan fingerprint density at radius 1 is 1.04 bits per heavy atom. The summed E-state index contributed by atoms with van der Waals surface area (Å²) in [6, 6.07) is 19.2. The summed E-state index contributed by atoms with van der Waals surface area (Å²) in [5, 5.41) is 11.7. The molecule has 0 bridgehead atoms. The van der Waals surface area contributed by atoms with Crippen molar-refractivity contribution in [2.24, 2.45) is 0 Å². The smallest absolute Gasteiger partial charge is 0.303 e. The summed E-state index contributed by atoms with van der Waals surface area (Å²) in [6.07, 6.45) is 0.395. The molecule has 0 saturated heterocycles. The first-order valence-electron chi connectivity index (χ1n) is 8.29. The van der Waals surface area contributed by atoms with Crippen molar-refractivity contribution in [1.82, 2.24) is 5.32 Å². The Kier molecular flexibility index (Phi) is 7.54. The third kappa shape index (κ3) is 6.63. The molecule has 2 aromatic carbocycles. The molecular formula is C20H23NO3S. The van der Waals surface area contributed by atoms with Gasteiger partial charge in [-0.15, -0.1) is 11.8 Å². The molecule has 0 aromatic heterocycles. The molecule has 2 atom stereocenters. The number of carbonyl (C=O) groups is 2. The summed E-state index contributed by atoms with van der Waals surface area (Å²) in [7, 11) is 0. The second-order valence-corrected chi connectivity index (χ2v) is 7.17. The van der Waals surface area contributed by atoms with E-state index in [1.807, 2.05) is 67.6 Å². The van der Waals surface area contributed by atoms with Gasteiger partial charge in [-0.1, -0.05) is 60.7 Å². The number of rotatable bonds is 9. The predicted octanol–water partition coefficient (Wildman–Crippen LogP) is 4.03. The van der Waals surface area contributed by atoms with Gasteiger partial charge in [-0.05, 0) is 24.5 Å². The van der Waals surface area contributed by atoms with E-state index in [-0.39, 0.29) is 23.6 Å². The maximum atomic E-state index is 12.5. The van der Waals surface area contributed by atoms with Crippen molar-refractivity contribution < 1.29 is 14.7 Å². The number of aliphatic carboxylic acids is 1. The standard InChI is InChI=1S/C20H23NO3S/c1-15(25-14-16-8-4-2-5-9-16)20(24)21-18(12-13-19(22)23)17-10-6-3-7-11-17/h2-11,15,18H,12-14H2,1H3,(H,21,24)(H,22,23). The number of benzene rings is 2. The van der Waals surface area contributed by atoms with E-state index in [4.69, 9.17) is 5.11 Å². The topological polar surface area (TPSA) is 66.4 Å². The van der Waals surface area contributed by atoms with Crippen molar-refractivity contribution in [3.05, 3.63) is 71.8 Å². The fraction of sp³-hybridized carbons (Fsp3) is 0.300. The molecule has 0 aliphatic rings. The Hall–Kier alpha value is -2.27. The molecule has 2 unspecified atom stereocenters. The Labute approximate surface area is 152 Å². The molecule has 0 fully saturated rings. The van der Waals surface area contributed by atoms with Gasteiger partial charge in [-0.3, -0.25) is 9.59 Å². The third-order valence-corrected chi connectivity index (χ3v) is 5.09. The van der Waals surface area contributed by atoms with Crippen LogP contribution in [-0.4, -0.2) is 22.2 Å². The summed E-state index contributed by atoms with van der Waals surface area (Å²) in [6.45, 7) is 1.88. The van der Waals surface area contributed by atoms with Crippen molar-refractivity contribution in [2.75, 3.05) is 0 Å². The second-order valence-electron chi connectivity index (χ2n) is 5.84. The normalized spacial score (nSPS) is 13.0. The third-order valence-electron chi connectivity index (χ3n) is 3.88. The van der Waals surface area contributed by atoms with E-state index in [0.29, 0.717) is 6.42 Å². The highest BCUT2D eigenvalue weighted by atomic mass is 32.2. The average Bonchev–Trinajstić information content (AvgIpc) is 2.64. The molecule has 2 aromatic rings. The van der Waals surface area contributed by atoms with E-state index in [1.54, 1.807) is 11.8 Å². The van der Waals surface area contributed by atoms with Crippen molar-refractivity contribution in [1.29, 1.82) is 0 Å². The number of nitrogens with one attached hydrogen (secondary N) is 1. The van der Waals surface area contributed by atoms with Crippen molar-refractivity contribution >= 4 is 23.6 Å². The molecule has 0 aliphatic carbocycles. The zero-order valence-electron chi connectivity index (χ0n) is 14.2. The van der Waals surface area contributed by atoms with Gasteiger partial charge in [0.15, 0.2) is 0 Å². The average molecular weight is 357 g/mol. The number of carboxylic acids is 1. The van der Waals surface area contributed by atoms with E-state index in [2.05, 4.69) is 5.32 Å². The number of amides is 1. The molecule has 2 rings (SSSR count).